The normalized spacial score (nSPS) is 38.0. The van der Waals surface area contributed by atoms with E-state index in [1.165, 1.54) is 16.2 Å². The lowest BCUT2D eigenvalue weighted by Gasteiger charge is -2.33. The Labute approximate surface area is 89.7 Å². The average Bonchev–Trinajstić information content (AvgIpc) is 2.57. The van der Waals surface area contributed by atoms with Crippen LogP contribution in [0.2, 0.25) is 0 Å². The van der Waals surface area contributed by atoms with Gasteiger partial charge in [-0.25, -0.2) is 0 Å². The zero-order valence-electron chi connectivity index (χ0n) is 8.90. The van der Waals surface area contributed by atoms with E-state index in [-0.39, 0.29) is 12.1 Å². The molecule has 2 heterocycles. The second kappa shape index (κ2) is 3.22. The molecule has 0 aliphatic carbocycles. The third-order valence-electron chi connectivity index (χ3n) is 3.66. The summed E-state index contributed by atoms with van der Waals surface area (Å²) in [5.74, 6) is 0.477. The van der Waals surface area contributed by atoms with Crippen molar-refractivity contribution in [3.05, 3.63) is 29.8 Å². The van der Waals surface area contributed by atoms with E-state index < -0.39 is 0 Å². The molecule has 0 saturated carbocycles. The molecule has 3 nitrogen and oxygen atoms in total. The summed E-state index contributed by atoms with van der Waals surface area (Å²) in [6, 6.07) is 8.64. The summed E-state index contributed by atoms with van der Waals surface area (Å²) in [7, 11) is 2.15. The number of nitrogens with one attached hydrogen (secondary N) is 2. The van der Waals surface area contributed by atoms with Gasteiger partial charge in [0, 0.05) is 5.69 Å². The number of rotatable bonds is 0. The van der Waals surface area contributed by atoms with Crippen LogP contribution in [0.5, 0.6) is 0 Å². The summed E-state index contributed by atoms with van der Waals surface area (Å²) in [6.45, 7) is 1.97. The highest BCUT2D eigenvalue weighted by molar-refractivity contribution is 5.59. The van der Waals surface area contributed by atoms with Crippen molar-refractivity contribution in [3.63, 3.8) is 0 Å². The number of likely N-dealkylation sites (N-methyl/N-ethyl adjacent to an activating group) is 1. The van der Waals surface area contributed by atoms with Gasteiger partial charge in [-0.05, 0) is 11.6 Å². The van der Waals surface area contributed by atoms with Crippen LogP contribution in [0.25, 0.3) is 0 Å². The number of fused-ring (bicyclic) bond motifs is 3. The molecule has 1 aromatic rings. The van der Waals surface area contributed by atoms with Crippen LogP contribution in [0, 0.1) is 0 Å². The van der Waals surface area contributed by atoms with E-state index in [0.29, 0.717) is 5.92 Å². The van der Waals surface area contributed by atoms with Crippen molar-refractivity contribution in [2.24, 2.45) is 0 Å². The summed E-state index contributed by atoms with van der Waals surface area (Å²) in [6.07, 6.45) is -0.226. The molecule has 0 aromatic heterocycles. The van der Waals surface area contributed by atoms with Gasteiger partial charge in [0.05, 0.1) is 25.6 Å². The molecule has 3 rings (SSSR count). The van der Waals surface area contributed by atoms with E-state index in [2.05, 4.69) is 30.6 Å². The number of hydrogen-bond donors (Lipinski definition) is 3. The van der Waals surface area contributed by atoms with Crippen molar-refractivity contribution >= 4 is 5.69 Å². The number of para-hydroxylation sites is 1. The maximum Gasteiger partial charge on any atom is 0.124 e. The van der Waals surface area contributed by atoms with Crippen LogP contribution < -0.4 is 10.2 Å². The second-order valence-electron chi connectivity index (χ2n) is 4.80. The fourth-order valence-corrected chi connectivity index (χ4v) is 2.97. The van der Waals surface area contributed by atoms with Crippen LogP contribution in [0.15, 0.2) is 24.3 Å². The van der Waals surface area contributed by atoms with Crippen LogP contribution >= 0.6 is 0 Å². The number of quaternary nitrogens is 1. The molecule has 3 heteroatoms. The number of benzene rings is 1. The fraction of sp³-hybridized carbons (Fsp3) is 0.500. The minimum Gasteiger partial charge on any atom is -0.385 e. The average molecular weight is 205 g/mol. The van der Waals surface area contributed by atoms with Gasteiger partial charge in [-0.3, -0.25) is 0 Å². The van der Waals surface area contributed by atoms with Gasteiger partial charge in [0.15, 0.2) is 0 Å². The predicted molar refractivity (Wildman–Crippen MR) is 59.2 cm³/mol. The Bertz CT molecular complexity index is 380. The zero-order chi connectivity index (χ0) is 10.4. The van der Waals surface area contributed by atoms with E-state index in [1.54, 1.807) is 0 Å². The quantitative estimate of drug-likeness (QED) is 0.532. The second-order valence-corrected chi connectivity index (χ2v) is 4.80. The van der Waals surface area contributed by atoms with Crippen LogP contribution in [0.3, 0.4) is 0 Å². The van der Waals surface area contributed by atoms with Gasteiger partial charge in [-0.15, -0.1) is 0 Å². The minimum absolute atomic E-state index is 0.226. The zero-order valence-corrected chi connectivity index (χ0v) is 8.90. The number of aliphatic hydroxyl groups excluding tert-OH is 1. The summed E-state index contributed by atoms with van der Waals surface area (Å²) < 4.78 is 0. The van der Waals surface area contributed by atoms with Crippen molar-refractivity contribution in [2.45, 2.75) is 18.1 Å². The first kappa shape index (κ1) is 9.19. The minimum atomic E-state index is -0.226. The Balaban J connectivity index is 1.98. The van der Waals surface area contributed by atoms with E-state index in [1.807, 2.05) is 6.07 Å². The molecule has 1 aromatic carbocycles. The van der Waals surface area contributed by atoms with Crippen molar-refractivity contribution in [1.29, 1.82) is 0 Å². The molecule has 0 radical (unpaired) electrons. The predicted octanol–water partition coefficient (Wildman–Crippen LogP) is -0.546. The lowest BCUT2D eigenvalue weighted by atomic mass is 9.88. The molecule has 0 amide bonds. The molecule has 1 saturated heterocycles. The maximum absolute atomic E-state index is 10.0. The number of anilines is 1. The highest BCUT2D eigenvalue weighted by Crippen LogP contribution is 2.37. The van der Waals surface area contributed by atoms with Crippen molar-refractivity contribution < 1.29 is 10.0 Å². The van der Waals surface area contributed by atoms with Crippen LogP contribution in [-0.4, -0.2) is 37.4 Å². The molecule has 0 bridgehead atoms. The van der Waals surface area contributed by atoms with E-state index in [9.17, 15) is 5.11 Å². The van der Waals surface area contributed by atoms with Crippen LogP contribution in [0.1, 0.15) is 11.5 Å². The molecule has 80 valence electrons. The van der Waals surface area contributed by atoms with Gasteiger partial charge in [0.2, 0.25) is 0 Å². The molecular weight excluding hydrogens is 188 g/mol. The first-order valence-corrected chi connectivity index (χ1v) is 5.60. The first-order chi connectivity index (χ1) is 7.25. The Morgan fingerprint density at radius 2 is 2.13 bits per heavy atom. The van der Waals surface area contributed by atoms with Gasteiger partial charge in [-0.1, -0.05) is 18.2 Å². The summed E-state index contributed by atoms with van der Waals surface area (Å²) in [5, 5.41) is 13.5. The number of piperidine rings is 1. The largest absolute Gasteiger partial charge is 0.385 e. The number of likely N-dealkylation sites (tertiary alicyclic amines) is 1. The van der Waals surface area contributed by atoms with Crippen LogP contribution in [0.4, 0.5) is 5.69 Å². The maximum atomic E-state index is 10.0. The molecule has 2 aliphatic heterocycles. The highest BCUT2D eigenvalue weighted by Gasteiger charge is 2.43. The summed E-state index contributed by atoms with van der Waals surface area (Å²) in [4.78, 5) is 1.42. The molecule has 3 N–H and O–H groups in total. The highest BCUT2D eigenvalue weighted by atomic mass is 16.3. The Morgan fingerprint density at radius 1 is 1.33 bits per heavy atom. The Kier molecular flexibility index (Phi) is 1.97. The van der Waals surface area contributed by atoms with Crippen LogP contribution in [-0.2, 0) is 0 Å². The lowest BCUT2D eigenvalue weighted by Crippen LogP contribution is -3.12. The third-order valence-corrected chi connectivity index (χ3v) is 3.66. The third kappa shape index (κ3) is 1.34. The molecule has 2 aliphatic rings. The molecule has 1 fully saturated rings. The van der Waals surface area contributed by atoms with Gasteiger partial charge in [0.25, 0.3) is 0 Å². The number of aliphatic hydroxyl groups is 1. The van der Waals surface area contributed by atoms with Gasteiger partial charge in [-0.2, -0.15) is 0 Å². The van der Waals surface area contributed by atoms with Gasteiger partial charge < -0.3 is 15.3 Å². The lowest BCUT2D eigenvalue weighted by molar-refractivity contribution is -0.889. The smallest absolute Gasteiger partial charge is 0.124 e. The molecule has 15 heavy (non-hydrogen) atoms. The van der Waals surface area contributed by atoms with E-state index in [0.717, 1.165) is 13.1 Å². The topological polar surface area (TPSA) is 36.7 Å². The molecule has 0 spiro atoms. The number of hydrogen-bond acceptors (Lipinski definition) is 2. The van der Waals surface area contributed by atoms with Crippen molar-refractivity contribution in [1.82, 2.24) is 0 Å². The van der Waals surface area contributed by atoms with E-state index in [4.69, 9.17) is 0 Å². The monoisotopic (exact) mass is 205 g/mol. The Hall–Kier alpha value is -1.06. The molecular formula is C12H17N2O+. The Morgan fingerprint density at radius 3 is 3.00 bits per heavy atom. The fourth-order valence-electron chi connectivity index (χ4n) is 2.97. The van der Waals surface area contributed by atoms with Gasteiger partial charge >= 0.3 is 0 Å². The molecule has 1 unspecified atom stereocenters. The first-order valence-electron chi connectivity index (χ1n) is 5.60. The van der Waals surface area contributed by atoms with E-state index >= 15 is 0 Å². The summed E-state index contributed by atoms with van der Waals surface area (Å²) >= 11 is 0. The SMILES string of the molecule is C[NH+]1C[C@@H](O)[C@H]2Nc3ccccc3[C@@H]2C1. The summed E-state index contributed by atoms with van der Waals surface area (Å²) in [5.41, 5.74) is 2.59. The van der Waals surface area contributed by atoms with Gasteiger partial charge in [0.1, 0.15) is 12.6 Å². The van der Waals surface area contributed by atoms with Crippen molar-refractivity contribution in [2.75, 3.05) is 25.5 Å². The molecule has 4 atom stereocenters. The van der Waals surface area contributed by atoms with Crippen molar-refractivity contribution in [3.8, 4) is 0 Å². The standard InChI is InChI=1S/C12H16N2O/c1-14-6-9-8-4-2-3-5-10(8)13-12(9)11(15)7-14/h2-5,9,11-13,15H,6-7H2,1H3/p+1/t9-,11+,12-/m0/s1.